The number of hydrogen-bond acceptors (Lipinski definition) is 3. The van der Waals surface area contributed by atoms with Gasteiger partial charge in [0.1, 0.15) is 5.82 Å². The molecule has 1 saturated heterocycles. The first-order valence-electron chi connectivity index (χ1n) is 7.51. The highest BCUT2D eigenvalue weighted by atomic mass is 19.1. The summed E-state index contributed by atoms with van der Waals surface area (Å²) in [6, 6.07) is 7.41. The third-order valence-electron chi connectivity index (χ3n) is 3.74. The van der Waals surface area contributed by atoms with E-state index in [4.69, 9.17) is 0 Å². The highest BCUT2D eigenvalue weighted by molar-refractivity contribution is 5.92. The minimum Gasteiger partial charge on any atom is -0.352 e. The number of benzene rings is 1. The zero-order chi connectivity index (χ0) is 16.2. The summed E-state index contributed by atoms with van der Waals surface area (Å²) in [5.41, 5.74) is 0.946. The van der Waals surface area contributed by atoms with E-state index in [1.807, 2.05) is 0 Å². The molecule has 23 heavy (non-hydrogen) atoms. The average Bonchev–Trinajstić information content (AvgIpc) is 3.03. The van der Waals surface area contributed by atoms with Crippen LogP contribution in [0.1, 0.15) is 29.8 Å². The van der Waals surface area contributed by atoms with Gasteiger partial charge in [0.2, 0.25) is 5.91 Å². The van der Waals surface area contributed by atoms with Gasteiger partial charge in [0.25, 0.3) is 5.91 Å². The van der Waals surface area contributed by atoms with Gasteiger partial charge in [-0.3, -0.25) is 9.59 Å². The summed E-state index contributed by atoms with van der Waals surface area (Å²) in [4.78, 5) is 23.4. The normalized spacial score (nSPS) is 17.6. The van der Waals surface area contributed by atoms with Gasteiger partial charge in [0.15, 0.2) is 5.69 Å². The van der Waals surface area contributed by atoms with Gasteiger partial charge in [0, 0.05) is 25.2 Å². The predicted molar refractivity (Wildman–Crippen MR) is 81.6 cm³/mol. The van der Waals surface area contributed by atoms with E-state index in [1.165, 1.54) is 16.8 Å². The smallest absolute Gasteiger partial charge is 0.271 e. The minimum absolute atomic E-state index is 0.0242. The van der Waals surface area contributed by atoms with Crippen LogP contribution in [-0.2, 0) is 4.79 Å². The highest BCUT2D eigenvalue weighted by Gasteiger charge is 2.19. The van der Waals surface area contributed by atoms with Crippen LogP contribution in [0, 0.1) is 5.82 Å². The average molecular weight is 316 g/mol. The summed E-state index contributed by atoms with van der Waals surface area (Å²) in [6.45, 7) is 0.383. The Balaban J connectivity index is 1.60. The van der Waals surface area contributed by atoms with Crippen LogP contribution in [0.2, 0.25) is 0 Å². The van der Waals surface area contributed by atoms with Crippen LogP contribution in [-0.4, -0.2) is 34.2 Å². The molecule has 1 aliphatic rings. The van der Waals surface area contributed by atoms with E-state index < -0.39 is 0 Å². The van der Waals surface area contributed by atoms with E-state index in [1.54, 1.807) is 24.4 Å². The molecule has 2 aromatic rings. The third kappa shape index (κ3) is 3.74. The molecule has 1 aromatic heterocycles. The number of hydrogen-bond donors (Lipinski definition) is 2. The lowest BCUT2D eigenvalue weighted by molar-refractivity contribution is -0.123. The first kappa shape index (κ1) is 15.2. The number of carbonyl (C=O) groups is 2. The monoisotopic (exact) mass is 316 g/mol. The first-order valence-corrected chi connectivity index (χ1v) is 7.51. The maximum absolute atomic E-state index is 12.9. The van der Waals surface area contributed by atoms with E-state index >= 15 is 0 Å². The number of carbonyl (C=O) groups excluding carboxylic acids is 2. The number of rotatable bonds is 4. The van der Waals surface area contributed by atoms with Crippen molar-refractivity contribution in [1.82, 2.24) is 20.4 Å². The molecule has 3 rings (SSSR count). The zero-order valence-corrected chi connectivity index (χ0v) is 12.5. The number of nitrogens with zero attached hydrogens (tertiary/aromatic N) is 2. The first-order chi connectivity index (χ1) is 11.1. The third-order valence-corrected chi connectivity index (χ3v) is 3.74. The molecule has 2 N–H and O–H groups in total. The lowest BCUT2D eigenvalue weighted by Crippen LogP contribution is -2.46. The fourth-order valence-corrected chi connectivity index (χ4v) is 2.52. The molecule has 2 heterocycles. The van der Waals surface area contributed by atoms with Crippen molar-refractivity contribution in [2.75, 3.05) is 6.54 Å². The molecule has 0 aliphatic carbocycles. The summed E-state index contributed by atoms with van der Waals surface area (Å²) in [5.74, 6) is -0.602. The van der Waals surface area contributed by atoms with Crippen LogP contribution in [0.5, 0.6) is 0 Å². The van der Waals surface area contributed by atoms with E-state index in [2.05, 4.69) is 15.7 Å². The fourth-order valence-electron chi connectivity index (χ4n) is 2.52. The molecule has 0 spiro atoms. The zero-order valence-electron chi connectivity index (χ0n) is 12.5. The summed E-state index contributed by atoms with van der Waals surface area (Å²) in [7, 11) is 0. The van der Waals surface area contributed by atoms with Crippen LogP contribution >= 0.6 is 0 Å². The summed E-state index contributed by atoms with van der Waals surface area (Å²) >= 11 is 0. The topological polar surface area (TPSA) is 76.0 Å². The van der Waals surface area contributed by atoms with Gasteiger partial charge in [-0.2, -0.15) is 5.10 Å². The molecule has 0 radical (unpaired) electrons. The summed E-state index contributed by atoms with van der Waals surface area (Å²) < 4.78 is 14.4. The largest absolute Gasteiger partial charge is 0.352 e. The van der Waals surface area contributed by atoms with Crippen molar-refractivity contribution in [3.63, 3.8) is 0 Å². The van der Waals surface area contributed by atoms with Gasteiger partial charge >= 0.3 is 0 Å². The Morgan fingerprint density at radius 3 is 2.87 bits per heavy atom. The van der Waals surface area contributed by atoms with Crippen molar-refractivity contribution >= 4 is 11.8 Å². The van der Waals surface area contributed by atoms with E-state index in [9.17, 15) is 14.0 Å². The van der Waals surface area contributed by atoms with Gasteiger partial charge in [0.05, 0.1) is 5.69 Å². The Labute approximate surface area is 132 Å². The van der Waals surface area contributed by atoms with Crippen molar-refractivity contribution in [2.45, 2.75) is 25.3 Å². The maximum atomic E-state index is 12.9. The predicted octanol–water partition coefficient (Wildman–Crippen LogP) is 1.41. The molecule has 0 saturated carbocycles. The molecule has 0 bridgehead atoms. The molecule has 7 heteroatoms. The Morgan fingerprint density at radius 1 is 1.35 bits per heavy atom. The van der Waals surface area contributed by atoms with Crippen LogP contribution in [0.3, 0.4) is 0 Å². The number of piperidine rings is 1. The molecule has 1 aromatic carbocycles. The molecular weight excluding hydrogens is 299 g/mol. The SMILES string of the molecule is O=C1CCC[C@H](CNC(=O)c2ccn(-c3ccc(F)cc3)n2)N1. The number of amides is 2. The summed E-state index contributed by atoms with van der Waals surface area (Å²) in [5, 5.41) is 9.80. The molecule has 0 unspecified atom stereocenters. The van der Waals surface area contributed by atoms with Crippen molar-refractivity contribution in [3.05, 3.63) is 48.0 Å². The molecular formula is C16H17FN4O2. The molecule has 6 nitrogen and oxygen atoms in total. The van der Waals surface area contributed by atoms with E-state index in [0.717, 1.165) is 12.8 Å². The lowest BCUT2D eigenvalue weighted by atomic mass is 10.0. The van der Waals surface area contributed by atoms with Crippen LogP contribution in [0.4, 0.5) is 4.39 Å². The van der Waals surface area contributed by atoms with Crippen molar-refractivity contribution in [1.29, 1.82) is 0 Å². The van der Waals surface area contributed by atoms with Crippen molar-refractivity contribution < 1.29 is 14.0 Å². The van der Waals surface area contributed by atoms with E-state index in [0.29, 0.717) is 18.7 Å². The molecule has 120 valence electrons. The highest BCUT2D eigenvalue weighted by Crippen LogP contribution is 2.10. The molecule has 2 amide bonds. The minimum atomic E-state index is -0.326. The number of aromatic nitrogens is 2. The molecule has 1 atom stereocenters. The Bertz CT molecular complexity index is 711. The van der Waals surface area contributed by atoms with Gasteiger partial charge in [-0.15, -0.1) is 0 Å². The summed E-state index contributed by atoms with van der Waals surface area (Å²) in [6.07, 6.45) is 3.89. The Hall–Kier alpha value is -2.70. The molecule has 1 fully saturated rings. The van der Waals surface area contributed by atoms with Crippen molar-refractivity contribution in [2.24, 2.45) is 0 Å². The second-order valence-electron chi connectivity index (χ2n) is 5.49. The van der Waals surface area contributed by atoms with Crippen LogP contribution in [0.25, 0.3) is 5.69 Å². The Morgan fingerprint density at radius 2 is 2.13 bits per heavy atom. The fraction of sp³-hybridized carbons (Fsp3) is 0.312. The number of halogens is 1. The number of nitrogens with one attached hydrogen (secondary N) is 2. The van der Waals surface area contributed by atoms with Crippen molar-refractivity contribution in [3.8, 4) is 5.69 Å². The standard InChI is InChI=1S/C16H17FN4O2/c17-11-4-6-13(7-5-11)21-9-8-14(20-21)16(23)18-10-12-2-1-3-15(22)19-12/h4-9,12H,1-3,10H2,(H,18,23)(H,19,22)/t12-/m1/s1. The van der Waals surface area contributed by atoms with Crippen LogP contribution in [0.15, 0.2) is 36.5 Å². The van der Waals surface area contributed by atoms with Gasteiger partial charge in [-0.1, -0.05) is 0 Å². The maximum Gasteiger partial charge on any atom is 0.271 e. The quantitative estimate of drug-likeness (QED) is 0.895. The second kappa shape index (κ2) is 6.60. The van der Waals surface area contributed by atoms with Crippen LogP contribution < -0.4 is 10.6 Å². The second-order valence-corrected chi connectivity index (χ2v) is 5.49. The lowest BCUT2D eigenvalue weighted by Gasteiger charge is -2.23. The van der Waals surface area contributed by atoms with Gasteiger partial charge in [-0.25, -0.2) is 9.07 Å². The van der Waals surface area contributed by atoms with E-state index in [-0.39, 0.29) is 29.4 Å². The molecule has 1 aliphatic heterocycles. The van der Waals surface area contributed by atoms with Gasteiger partial charge < -0.3 is 10.6 Å². The Kier molecular flexibility index (Phi) is 4.36. The van der Waals surface area contributed by atoms with Gasteiger partial charge in [-0.05, 0) is 43.2 Å².